The van der Waals surface area contributed by atoms with Crippen LogP contribution in [0.25, 0.3) is 11.0 Å². The molecule has 1 aliphatic heterocycles. The summed E-state index contributed by atoms with van der Waals surface area (Å²) in [5, 5.41) is 1.04. The lowest BCUT2D eigenvalue weighted by Crippen LogP contribution is -2.36. The van der Waals surface area contributed by atoms with E-state index < -0.39 is 0 Å². The molecule has 0 spiro atoms. The number of hydrogen-bond donors (Lipinski definition) is 0. The molecule has 2 aromatic carbocycles. The van der Waals surface area contributed by atoms with Crippen molar-refractivity contribution in [3.05, 3.63) is 71.0 Å². The topological polar surface area (TPSA) is 33.5 Å². The molecule has 3 aromatic rings. The minimum Gasteiger partial charge on any atom is -0.464 e. The predicted molar refractivity (Wildman–Crippen MR) is 90.2 cm³/mol. The Kier molecular flexibility index (Phi) is 3.41. The Morgan fingerprint density at radius 1 is 1.17 bits per heavy atom. The van der Waals surface area contributed by atoms with Gasteiger partial charge in [-0.3, -0.25) is 4.79 Å². The fourth-order valence-electron chi connectivity index (χ4n) is 3.31. The highest BCUT2D eigenvalue weighted by atomic mass is 16.3. The largest absolute Gasteiger partial charge is 0.464 e. The van der Waals surface area contributed by atoms with Gasteiger partial charge in [-0.2, -0.15) is 0 Å². The molecule has 23 heavy (non-hydrogen) atoms. The molecule has 1 aromatic heterocycles. The lowest BCUT2D eigenvalue weighted by atomic mass is 9.99. The lowest BCUT2D eigenvalue weighted by molar-refractivity contribution is -0.131. The van der Waals surface area contributed by atoms with E-state index in [1.807, 2.05) is 30.0 Å². The average Bonchev–Trinajstić information content (AvgIpc) is 2.96. The first kappa shape index (κ1) is 14.1. The molecule has 0 saturated heterocycles. The van der Waals surface area contributed by atoms with Crippen LogP contribution in [0.2, 0.25) is 0 Å². The first-order valence-corrected chi connectivity index (χ1v) is 8.02. The summed E-state index contributed by atoms with van der Waals surface area (Å²) in [4.78, 5) is 14.6. The highest BCUT2D eigenvalue weighted by Gasteiger charge is 2.21. The van der Waals surface area contributed by atoms with Crippen molar-refractivity contribution in [3.63, 3.8) is 0 Å². The molecule has 116 valence electrons. The van der Waals surface area contributed by atoms with Gasteiger partial charge < -0.3 is 9.32 Å². The van der Waals surface area contributed by atoms with Crippen molar-refractivity contribution in [1.29, 1.82) is 0 Å². The van der Waals surface area contributed by atoms with Crippen molar-refractivity contribution < 1.29 is 9.21 Å². The molecule has 0 unspecified atom stereocenters. The maximum Gasteiger partial charge on any atom is 0.227 e. The zero-order valence-electron chi connectivity index (χ0n) is 13.2. The van der Waals surface area contributed by atoms with Crippen molar-refractivity contribution in [2.75, 3.05) is 6.54 Å². The van der Waals surface area contributed by atoms with Crippen molar-refractivity contribution in [1.82, 2.24) is 4.90 Å². The van der Waals surface area contributed by atoms with Gasteiger partial charge in [0.1, 0.15) is 5.58 Å². The van der Waals surface area contributed by atoms with Gasteiger partial charge in [0.25, 0.3) is 0 Å². The van der Waals surface area contributed by atoms with Gasteiger partial charge in [-0.1, -0.05) is 36.4 Å². The molecule has 0 bridgehead atoms. The van der Waals surface area contributed by atoms with Crippen molar-refractivity contribution in [3.8, 4) is 0 Å². The number of carbonyl (C=O) groups is 1. The number of rotatable bonds is 2. The summed E-state index contributed by atoms with van der Waals surface area (Å²) in [6.45, 7) is 3.55. The number of amides is 1. The zero-order valence-corrected chi connectivity index (χ0v) is 13.2. The molecule has 4 rings (SSSR count). The van der Waals surface area contributed by atoms with E-state index in [4.69, 9.17) is 4.42 Å². The van der Waals surface area contributed by atoms with Gasteiger partial charge in [0, 0.05) is 24.0 Å². The molecular weight excluding hydrogens is 286 g/mol. The van der Waals surface area contributed by atoms with E-state index in [0.717, 1.165) is 35.1 Å². The fraction of sp³-hybridized carbons (Fsp3) is 0.250. The van der Waals surface area contributed by atoms with E-state index in [-0.39, 0.29) is 5.91 Å². The summed E-state index contributed by atoms with van der Waals surface area (Å²) >= 11 is 0. The van der Waals surface area contributed by atoms with Crippen LogP contribution in [-0.4, -0.2) is 17.4 Å². The molecule has 0 aliphatic carbocycles. The summed E-state index contributed by atoms with van der Waals surface area (Å²) in [5.41, 5.74) is 5.62. The molecule has 1 amide bonds. The summed E-state index contributed by atoms with van der Waals surface area (Å²) < 4.78 is 5.60. The molecule has 0 radical (unpaired) electrons. The third-order valence-electron chi connectivity index (χ3n) is 4.64. The molecule has 0 saturated carbocycles. The highest BCUT2D eigenvalue weighted by molar-refractivity contribution is 5.88. The fourth-order valence-corrected chi connectivity index (χ4v) is 3.31. The lowest BCUT2D eigenvalue weighted by Gasteiger charge is -2.28. The van der Waals surface area contributed by atoms with E-state index in [0.29, 0.717) is 13.0 Å². The second-order valence-electron chi connectivity index (χ2n) is 6.27. The molecule has 0 atom stereocenters. The van der Waals surface area contributed by atoms with Crippen molar-refractivity contribution in [2.24, 2.45) is 0 Å². The van der Waals surface area contributed by atoms with Crippen LogP contribution in [0.4, 0.5) is 0 Å². The Hall–Kier alpha value is -2.55. The standard InChI is InChI=1S/C20H19NO2/c1-14-6-7-18-17(13-23-19(18)10-14)11-20(22)21-9-8-15-4-2-3-5-16(15)12-21/h2-7,10,13H,8-9,11-12H2,1H3. The van der Waals surface area contributed by atoms with Crippen LogP contribution in [0.3, 0.4) is 0 Å². The van der Waals surface area contributed by atoms with Crippen LogP contribution >= 0.6 is 0 Å². The average molecular weight is 305 g/mol. The van der Waals surface area contributed by atoms with E-state index in [1.54, 1.807) is 6.26 Å². The second-order valence-corrected chi connectivity index (χ2v) is 6.27. The van der Waals surface area contributed by atoms with Crippen molar-refractivity contribution >= 4 is 16.9 Å². The Morgan fingerprint density at radius 3 is 2.87 bits per heavy atom. The zero-order chi connectivity index (χ0) is 15.8. The van der Waals surface area contributed by atoms with Crippen LogP contribution < -0.4 is 0 Å². The number of hydrogen-bond acceptors (Lipinski definition) is 2. The summed E-state index contributed by atoms with van der Waals surface area (Å²) in [5.74, 6) is 0.169. The Morgan fingerprint density at radius 2 is 2.00 bits per heavy atom. The summed E-state index contributed by atoms with van der Waals surface area (Å²) in [6, 6.07) is 14.5. The van der Waals surface area contributed by atoms with E-state index in [1.165, 1.54) is 11.1 Å². The Bertz CT molecular complexity index is 878. The summed E-state index contributed by atoms with van der Waals surface area (Å²) in [7, 11) is 0. The van der Waals surface area contributed by atoms with Gasteiger partial charge in [-0.05, 0) is 36.1 Å². The maximum atomic E-state index is 12.7. The third kappa shape index (κ3) is 2.63. The molecule has 0 N–H and O–H groups in total. The van der Waals surface area contributed by atoms with Gasteiger partial charge in [0.05, 0.1) is 12.7 Å². The minimum atomic E-state index is 0.169. The van der Waals surface area contributed by atoms with Crippen LogP contribution in [0, 0.1) is 6.92 Å². The van der Waals surface area contributed by atoms with Gasteiger partial charge in [0.15, 0.2) is 0 Å². The monoisotopic (exact) mass is 305 g/mol. The number of benzene rings is 2. The molecule has 3 nitrogen and oxygen atoms in total. The number of nitrogens with zero attached hydrogens (tertiary/aromatic N) is 1. The van der Waals surface area contributed by atoms with Crippen LogP contribution in [0.1, 0.15) is 22.3 Å². The van der Waals surface area contributed by atoms with Gasteiger partial charge >= 0.3 is 0 Å². The molecular formula is C20H19NO2. The first-order chi connectivity index (χ1) is 11.2. The number of fused-ring (bicyclic) bond motifs is 2. The maximum absolute atomic E-state index is 12.7. The van der Waals surface area contributed by atoms with E-state index in [9.17, 15) is 4.79 Å². The molecule has 1 aliphatic rings. The SMILES string of the molecule is Cc1ccc2c(CC(=O)N3CCc4ccccc4C3)coc2c1. The van der Waals surface area contributed by atoms with Crippen LogP contribution in [0.5, 0.6) is 0 Å². The second kappa shape index (κ2) is 5.58. The Labute approximate surface area is 135 Å². The molecule has 0 fully saturated rings. The van der Waals surface area contributed by atoms with Crippen molar-refractivity contribution in [2.45, 2.75) is 26.3 Å². The van der Waals surface area contributed by atoms with E-state index in [2.05, 4.69) is 24.3 Å². The molecule has 2 heterocycles. The highest BCUT2D eigenvalue weighted by Crippen LogP contribution is 2.24. The predicted octanol–water partition coefficient (Wildman–Crippen LogP) is 3.87. The van der Waals surface area contributed by atoms with Gasteiger partial charge in [-0.25, -0.2) is 0 Å². The van der Waals surface area contributed by atoms with Crippen LogP contribution in [0.15, 0.2) is 53.1 Å². The summed E-state index contributed by atoms with van der Waals surface area (Å²) in [6.07, 6.45) is 3.06. The van der Waals surface area contributed by atoms with Crippen LogP contribution in [-0.2, 0) is 24.2 Å². The number of furan rings is 1. The number of carbonyl (C=O) groups excluding carboxylic acids is 1. The van der Waals surface area contributed by atoms with Gasteiger partial charge in [-0.15, -0.1) is 0 Å². The molecule has 3 heteroatoms. The minimum absolute atomic E-state index is 0.169. The third-order valence-corrected chi connectivity index (χ3v) is 4.64. The van der Waals surface area contributed by atoms with Gasteiger partial charge in [0.2, 0.25) is 5.91 Å². The quantitative estimate of drug-likeness (QED) is 0.720. The smallest absolute Gasteiger partial charge is 0.227 e. The normalized spacial score (nSPS) is 14.0. The van der Waals surface area contributed by atoms with E-state index >= 15 is 0 Å². The first-order valence-electron chi connectivity index (χ1n) is 8.02. The Balaban J connectivity index is 1.54. The number of aryl methyl sites for hydroxylation is 1.